The van der Waals surface area contributed by atoms with Crippen LogP contribution in [0.1, 0.15) is 37.7 Å². The molecular weight excluding hydrogens is 378 g/mol. The predicted octanol–water partition coefficient (Wildman–Crippen LogP) is 3.43. The molecule has 1 heterocycles. The zero-order valence-electron chi connectivity index (χ0n) is 17.2. The maximum absolute atomic E-state index is 13.5. The number of fused-ring (bicyclic) bond motifs is 1. The number of benzene rings is 2. The maximum Gasteiger partial charge on any atom is 0.274 e. The minimum absolute atomic E-state index is 0.104. The van der Waals surface area contributed by atoms with Gasteiger partial charge in [0.05, 0.1) is 17.3 Å². The van der Waals surface area contributed by atoms with Gasteiger partial charge in [0.15, 0.2) is 0 Å². The Kier molecular flexibility index (Phi) is 5.68. The SMILES string of the molecule is Cn1ncc2c(NC(=O)C(O)(Cc3ccccc3)C3CCCCC3)cccc2c1=O. The molecule has 2 N–H and O–H groups in total. The molecule has 0 radical (unpaired) electrons. The van der Waals surface area contributed by atoms with E-state index in [0.717, 1.165) is 37.7 Å². The van der Waals surface area contributed by atoms with Crippen molar-refractivity contribution in [1.82, 2.24) is 9.78 Å². The number of amides is 1. The van der Waals surface area contributed by atoms with Crippen molar-refractivity contribution in [2.24, 2.45) is 13.0 Å². The summed E-state index contributed by atoms with van der Waals surface area (Å²) in [6, 6.07) is 14.8. The van der Waals surface area contributed by atoms with Crippen LogP contribution in [-0.4, -0.2) is 26.4 Å². The van der Waals surface area contributed by atoms with E-state index in [9.17, 15) is 14.7 Å². The van der Waals surface area contributed by atoms with Gasteiger partial charge in [-0.15, -0.1) is 0 Å². The Bertz CT molecular complexity index is 1100. The summed E-state index contributed by atoms with van der Waals surface area (Å²) in [6.45, 7) is 0. The zero-order chi connectivity index (χ0) is 21.1. The molecule has 0 bridgehead atoms. The smallest absolute Gasteiger partial charge is 0.274 e. The number of carbonyl (C=O) groups excluding carboxylic acids is 1. The van der Waals surface area contributed by atoms with Crippen molar-refractivity contribution in [2.45, 2.75) is 44.1 Å². The Labute approximate surface area is 175 Å². The highest BCUT2D eigenvalue weighted by molar-refractivity contribution is 6.04. The van der Waals surface area contributed by atoms with E-state index < -0.39 is 11.5 Å². The van der Waals surface area contributed by atoms with Crippen LogP contribution in [0, 0.1) is 5.92 Å². The van der Waals surface area contributed by atoms with E-state index in [0.29, 0.717) is 16.5 Å². The summed E-state index contributed by atoms with van der Waals surface area (Å²) in [4.78, 5) is 25.9. The van der Waals surface area contributed by atoms with Gasteiger partial charge in [0.25, 0.3) is 11.5 Å². The van der Waals surface area contributed by atoms with E-state index in [1.165, 1.54) is 4.68 Å². The fourth-order valence-electron chi connectivity index (χ4n) is 4.50. The quantitative estimate of drug-likeness (QED) is 0.681. The summed E-state index contributed by atoms with van der Waals surface area (Å²) in [5.74, 6) is -0.529. The first-order chi connectivity index (χ1) is 14.5. The fourth-order valence-corrected chi connectivity index (χ4v) is 4.50. The van der Waals surface area contributed by atoms with Crippen LogP contribution in [0.2, 0.25) is 0 Å². The van der Waals surface area contributed by atoms with Gasteiger partial charge in [-0.05, 0) is 36.5 Å². The summed E-state index contributed by atoms with van der Waals surface area (Å²) < 4.78 is 1.27. The monoisotopic (exact) mass is 405 g/mol. The Morgan fingerprint density at radius 2 is 1.83 bits per heavy atom. The van der Waals surface area contributed by atoms with Crippen molar-refractivity contribution in [3.8, 4) is 0 Å². The number of hydrogen-bond donors (Lipinski definition) is 2. The standard InChI is InChI=1S/C24H27N3O3/c1-27-22(28)19-13-8-14-21(20(19)16-25-27)26-23(29)24(30,18-11-6-3-7-12-18)15-17-9-4-2-5-10-17/h2,4-5,8-10,13-14,16,18,30H,3,6-7,11-12,15H2,1H3,(H,26,29). The van der Waals surface area contributed by atoms with Crippen molar-refractivity contribution >= 4 is 22.4 Å². The molecule has 3 aromatic rings. The van der Waals surface area contributed by atoms with Gasteiger partial charge in [0.2, 0.25) is 0 Å². The van der Waals surface area contributed by atoms with Gasteiger partial charge in [-0.2, -0.15) is 5.10 Å². The maximum atomic E-state index is 13.5. The van der Waals surface area contributed by atoms with E-state index in [4.69, 9.17) is 0 Å². The van der Waals surface area contributed by atoms with Crippen molar-refractivity contribution in [2.75, 3.05) is 5.32 Å². The third-order valence-corrected chi connectivity index (χ3v) is 6.23. The minimum Gasteiger partial charge on any atom is -0.379 e. The van der Waals surface area contributed by atoms with Crippen LogP contribution < -0.4 is 10.9 Å². The largest absolute Gasteiger partial charge is 0.379 e. The molecule has 6 nitrogen and oxygen atoms in total. The third-order valence-electron chi connectivity index (χ3n) is 6.23. The first-order valence-corrected chi connectivity index (χ1v) is 10.5. The molecule has 1 atom stereocenters. The Hall–Kier alpha value is -2.99. The van der Waals surface area contributed by atoms with Gasteiger partial charge < -0.3 is 10.4 Å². The Morgan fingerprint density at radius 1 is 1.10 bits per heavy atom. The molecule has 1 saturated carbocycles. The summed E-state index contributed by atoms with van der Waals surface area (Å²) in [6.07, 6.45) is 6.66. The lowest BCUT2D eigenvalue weighted by molar-refractivity contribution is -0.141. The summed E-state index contributed by atoms with van der Waals surface area (Å²) in [5.41, 5.74) is -0.327. The fraction of sp³-hybridized carbons (Fsp3) is 0.375. The first-order valence-electron chi connectivity index (χ1n) is 10.5. The first kappa shape index (κ1) is 20.3. The molecule has 1 fully saturated rings. The molecule has 6 heteroatoms. The van der Waals surface area contributed by atoms with Gasteiger partial charge in [-0.1, -0.05) is 55.7 Å². The number of rotatable bonds is 5. The zero-order valence-corrected chi connectivity index (χ0v) is 17.2. The van der Waals surface area contributed by atoms with Gasteiger partial charge in [0, 0.05) is 18.9 Å². The Morgan fingerprint density at radius 3 is 2.57 bits per heavy atom. The third kappa shape index (κ3) is 3.87. The number of aromatic nitrogens is 2. The minimum atomic E-state index is -1.52. The molecule has 30 heavy (non-hydrogen) atoms. The Balaban J connectivity index is 1.69. The summed E-state index contributed by atoms with van der Waals surface area (Å²) in [5, 5.41) is 19.7. The van der Waals surface area contributed by atoms with Crippen LogP contribution in [-0.2, 0) is 18.3 Å². The van der Waals surface area contributed by atoms with E-state index in [1.54, 1.807) is 31.4 Å². The topological polar surface area (TPSA) is 84.2 Å². The lowest BCUT2D eigenvalue weighted by Crippen LogP contribution is -2.51. The highest BCUT2D eigenvalue weighted by Crippen LogP contribution is 2.36. The molecular formula is C24H27N3O3. The lowest BCUT2D eigenvalue weighted by Gasteiger charge is -2.37. The molecule has 1 amide bonds. The van der Waals surface area contributed by atoms with Gasteiger partial charge >= 0.3 is 0 Å². The molecule has 4 rings (SSSR count). The highest BCUT2D eigenvalue weighted by Gasteiger charge is 2.44. The average molecular weight is 405 g/mol. The van der Waals surface area contributed by atoms with Crippen LogP contribution in [0.25, 0.3) is 10.8 Å². The number of aryl methyl sites for hydroxylation is 1. The molecule has 156 valence electrons. The van der Waals surface area contributed by atoms with Crippen LogP contribution in [0.15, 0.2) is 59.5 Å². The summed E-state index contributed by atoms with van der Waals surface area (Å²) in [7, 11) is 1.59. The molecule has 0 aliphatic heterocycles. The molecule has 2 aromatic carbocycles. The van der Waals surface area contributed by atoms with Crippen molar-refractivity contribution in [3.05, 3.63) is 70.6 Å². The molecule has 1 unspecified atom stereocenters. The predicted molar refractivity (Wildman–Crippen MR) is 117 cm³/mol. The van der Waals surface area contributed by atoms with Crippen LogP contribution in [0.5, 0.6) is 0 Å². The summed E-state index contributed by atoms with van der Waals surface area (Å²) >= 11 is 0. The number of carbonyl (C=O) groups is 1. The highest BCUT2D eigenvalue weighted by atomic mass is 16.3. The van der Waals surface area contributed by atoms with E-state index >= 15 is 0 Å². The van der Waals surface area contributed by atoms with Gasteiger partial charge in [-0.3, -0.25) is 9.59 Å². The number of hydrogen-bond acceptors (Lipinski definition) is 4. The lowest BCUT2D eigenvalue weighted by atomic mass is 9.73. The molecule has 1 aliphatic carbocycles. The average Bonchev–Trinajstić information content (AvgIpc) is 2.78. The molecule has 0 spiro atoms. The van der Waals surface area contributed by atoms with Crippen LogP contribution in [0.3, 0.4) is 0 Å². The van der Waals surface area contributed by atoms with E-state index in [-0.39, 0.29) is 17.9 Å². The van der Waals surface area contributed by atoms with Crippen molar-refractivity contribution in [3.63, 3.8) is 0 Å². The van der Waals surface area contributed by atoms with Crippen molar-refractivity contribution in [1.29, 1.82) is 0 Å². The van der Waals surface area contributed by atoms with Crippen molar-refractivity contribution < 1.29 is 9.90 Å². The number of nitrogens with zero attached hydrogens (tertiary/aromatic N) is 2. The van der Waals surface area contributed by atoms with Gasteiger partial charge in [-0.25, -0.2) is 4.68 Å². The second-order valence-electron chi connectivity index (χ2n) is 8.22. The second kappa shape index (κ2) is 8.40. The molecule has 0 saturated heterocycles. The number of aliphatic hydroxyl groups is 1. The second-order valence-corrected chi connectivity index (χ2v) is 8.22. The van der Waals surface area contributed by atoms with Crippen LogP contribution in [0.4, 0.5) is 5.69 Å². The van der Waals surface area contributed by atoms with E-state index in [1.807, 2.05) is 30.3 Å². The number of nitrogens with one attached hydrogen (secondary N) is 1. The normalized spacial score (nSPS) is 16.9. The van der Waals surface area contributed by atoms with E-state index in [2.05, 4.69) is 10.4 Å². The van der Waals surface area contributed by atoms with Gasteiger partial charge in [0.1, 0.15) is 5.60 Å². The number of anilines is 1. The molecule has 1 aromatic heterocycles. The van der Waals surface area contributed by atoms with Crippen LogP contribution >= 0.6 is 0 Å². The molecule has 1 aliphatic rings.